The summed E-state index contributed by atoms with van der Waals surface area (Å²) in [7, 11) is 0. The number of hydrogen-bond acceptors (Lipinski definition) is 5. The first-order chi connectivity index (χ1) is 10.6. The highest BCUT2D eigenvalue weighted by molar-refractivity contribution is 7.18. The Bertz CT molecular complexity index is 858. The summed E-state index contributed by atoms with van der Waals surface area (Å²) in [6.07, 6.45) is 0.952. The van der Waals surface area contributed by atoms with Crippen LogP contribution in [0.2, 0.25) is 0 Å². The summed E-state index contributed by atoms with van der Waals surface area (Å²) in [6, 6.07) is 8.78. The monoisotopic (exact) mass is 313 g/mol. The molecule has 0 aliphatic rings. The van der Waals surface area contributed by atoms with Crippen molar-refractivity contribution in [1.82, 2.24) is 9.97 Å². The van der Waals surface area contributed by atoms with Crippen LogP contribution in [-0.4, -0.2) is 21.0 Å². The van der Waals surface area contributed by atoms with Gasteiger partial charge >= 0.3 is 5.97 Å². The maximum atomic E-state index is 11.1. The molecule has 0 aliphatic carbocycles. The van der Waals surface area contributed by atoms with E-state index in [4.69, 9.17) is 5.11 Å². The van der Waals surface area contributed by atoms with Gasteiger partial charge in [0.15, 0.2) is 0 Å². The van der Waals surface area contributed by atoms with Crippen molar-refractivity contribution in [1.29, 1.82) is 0 Å². The summed E-state index contributed by atoms with van der Waals surface area (Å²) < 4.78 is 0. The first kappa shape index (κ1) is 14.5. The quantitative estimate of drug-likeness (QED) is 0.761. The molecular weight excluding hydrogens is 298 g/mol. The van der Waals surface area contributed by atoms with Gasteiger partial charge in [0.2, 0.25) is 0 Å². The average Bonchev–Trinajstić information content (AvgIpc) is 2.90. The SMILES string of the molecule is CCc1cc2c(Nc3cccc(C(=O)O)c3)nc(C)nc2s1. The number of anilines is 2. The van der Waals surface area contributed by atoms with E-state index in [0.717, 1.165) is 16.6 Å². The molecule has 112 valence electrons. The van der Waals surface area contributed by atoms with E-state index in [9.17, 15) is 4.79 Å². The minimum atomic E-state index is -0.948. The summed E-state index contributed by atoms with van der Waals surface area (Å²) >= 11 is 1.66. The Kier molecular flexibility index (Phi) is 3.77. The molecule has 0 fully saturated rings. The van der Waals surface area contributed by atoms with E-state index in [1.54, 1.807) is 29.5 Å². The van der Waals surface area contributed by atoms with Crippen molar-refractivity contribution >= 4 is 39.0 Å². The van der Waals surface area contributed by atoms with Crippen LogP contribution in [0.15, 0.2) is 30.3 Å². The third-order valence-electron chi connectivity index (χ3n) is 3.28. The fraction of sp³-hybridized carbons (Fsp3) is 0.188. The second-order valence-electron chi connectivity index (χ2n) is 4.92. The zero-order chi connectivity index (χ0) is 15.7. The van der Waals surface area contributed by atoms with Crippen molar-refractivity contribution in [2.45, 2.75) is 20.3 Å². The van der Waals surface area contributed by atoms with Gasteiger partial charge in [-0.25, -0.2) is 14.8 Å². The lowest BCUT2D eigenvalue weighted by atomic mass is 10.2. The number of hydrogen-bond donors (Lipinski definition) is 2. The van der Waals surface area contributed by atoms with Gasteiger partial charge in [0.25, 0.3) is 0 Å². The number of carboxylic acid groups (broad SMARTS) is 1. The van der Waals surface area contributed by atoms with E-state index in [0.29, 0.717) is 17.3 Å². The predicted octanol–water partition coefficient (Wildman–Crippen LogP) is 4.00. The number of nitrogens with zero attached hydrogens (tertiary/aromatic N) is 2. The third kappa shape index (κ3) is 2.78. The molecule has 5 nitrogen and oxygen atoms in total. The largest absolute Gasteiger partial charge is 0.478 e. The molecule has 1 aromatic carbocycles. The highest BCUT2D eigenvalue weighted by Crippen LogP contribution is 2.31. The van der Waals surface area contributed by atoms with Gasteiger partial charge in [-0.15, -0.1) is 11.3 Å². The zero-order valence-electron chi connectivity index (χ0n) is 12.3. The molecule has 22 heavy (non-hydrogen) atoms. The molecule has 3 aromatic rings. The Morgan fingerprint density at radius 3 is 2.86 bits per heavy atom. The van der Waals surface area contributed by atoms with Crippen LogP contribution in [0.3, 0.4) is 0 Å². The lowest BCUT2D eigenvalue weighted by Crippen LogP contribution is -2.00. The molecule has 6 heteroatoms. The maximum Gasteiger partial charge on any atom is 0.335 e. The van der Waals surface area contributed by atoms with E-state index in [-0.39, 0.29) is 5.56 Å². The summed E-state index contributed by atoms with van der Waals surface area (Å²) in [5, 5.41) is 13.3. The molecule has 2 heterocycles. The summed E-state index contributed by atoms with van der Waals surface area (Å²) in [5.74, 6) is 0.450. The van der Waals surface area contributed by atoms with E-state index in [2.05, 4.69) is 28.3 Å². The highest BCUT2D eigenvalue weighted by atomic mass is 32.1. The lowest BCUT2D eigenvalue weighted by molar-refractivity contribution is 0.0697. The number of aryl methyl sites for hydroxylation is 2. The summed E-state index contributed by atoms with van der Waals surface area (Å²) in [5.41, 5.74) is 0.940. The number of fused-ring (bicyclic) bond motifs is 1. The molecular formula is C16H15N3O2S. The number of carbonyl (C=O) groups is 1. The van der Waals surface area contributed by atoms with Crippen molar-refractivity contribution < 1.29 is 9.90 Å². The maximum absolute atomic E-state index is 11.1. The van der Waals surface area contributed by atoms with Gasteiger partial charge in [-0.05, 0) is 37.6 Å². The van der Waals surface area contributed by atoms with E-state index >= 15 is 0 Å². The third-order valence-corrected chi connectivity index (χ3v) is 4.45. The molecule has 0 saturated heterocycles. The summed E-state index contributed by atoms with van der Waals surface area (Å²) in [6.45, 7) is 3.96. The average molecular weight is 313 g/mol. The standard InChI is InChI=1S/C16H15N3O2S/c1-3-12-8-13-14(17-9(2)18-15(13)22-12)19-11-6-4-5-10(7-11)16(20)21/h4-8H,3H2,1-2H3,(H,20,21)(H,17,18,19). The normalized spacial score (nSPS) is 10.8. The van der Waals surface area contributed by atoms with Crippen LogP contribution in [0.1, 0.15) is 28.0 Å². The fourth-order valence-electron chi connectivity index (χ4n) is 2.21. The lowest BCUT2D eigenvalue weighted by Gasteiger charge is -2.08. The number of rotatable bonds is 4. The van der Waals surface area contributed by atoms with E-state index < -0.39 is 5.97 Å². The molecule has 0 aliphatic heterocycles. The number of aromatic nitrogens is 2. The minimum Gasteiger partial charge on any atom is -0.478 e. The van der Waals surface area contributed by atoms with Crippen molar-refractivity contribution in [2.75, 3.05) is 5.32 Å². The number of benzene rings is 1. The molecule has 0 atom stereocenters. The molecule has 0 spiro atoms. The van der Waals surface area contributed by atoms with Crippen LogP contribution in [0.25, 0.3) is 10.2 Å². The van der Waals surface area contributed by atoms with Crippen molar-refractivity contribution in [3.05, 3.63) is 46.6 Å². The molecule has 0 unspecified atom stereocenters. The molecule has 2 aromatic heterocycles. The van der Waals surface area contributed by atoms with Gasteiger partial charge < -0.3 is 10.4 Å². The van der Waals surface area contributed by atoms with Crippen LogP contribution in [0.4, 0.5) is 11.5 Å². The van der Waals surface area contributed by atoms with Gasteiger partial charge in [-0.1, -0.05) is 13.0 Å². The Morgan fingerprint density at radius 1 is 1.32 bits per heavy atom. The van der Waals surface area contributed by atoms with Gasteiger partial charge in [0, 0.05) is 10.6 Å². The Morgan fingerprint density at radius 2 is 2.14 bits per heavy atom. The molecule has 0 saturated carbocycles. The number of nitrogens with one attached hydrogen (secondary N) is 1. The molecule has 0 bridgehead atoms. The molecule has 0 radical (unpaired) electrons. The Balaban J connectivity index is 2.04. The van der Waals surface area contributed by atoms with Crippen molar-refractivity contribution in [2.24, 2.45) is 0 Å². The van der Waals surface area contributed by atoms with E-state index in [1.807, 2.05) is 13.0 Å². The molecule has 3 rings (SSSR count). The van der Waals surface area contributed by atoms with Gasteiger partial charge in [-0.3, -0.25) is 0 Å². The number of aromatic carboxylic acids is 1. The molecule has 2 N–H and O–H groups in total. The van der Waals surface area contributed by atoms with Crippen molar-refractivity contribution in [3.8, 4) is 0 Å². The topological polar surface area (TPSA) is 75.1 Å². The van der Waals surface area contributed by atoms with Crippen LogP contribution in [0, 0.1) is 6.92 Å². The van der Waals surface area contributed by atoms with Gasteiger partial charge in [-0.2, -0.15) is 0 Å². The van der Waals surface area contributed by atoms with Gasteiger partial charge in [0.05, 0.1) is 10.9 Å². The fourth-order valence-corrected chi connectivity index (χ4v) is 3.23. The first-order valence-electron chi connectivity index (χ1n) is 6.94. The minimum absolute atomic E-state index is 0.242. The van der Waals surface area contributed by atoms with Crippen LogP contribution in [-0.2, 0) is 6.42 Å². The highest BCUT2D eigenvalue weighted by Gasteiger charge is 2.11. The van der Waals surface area contributed by atoms with E-state index in [1.165, 1.54) is 4.88 Å². The number of carboxylic acids is 1. The number of thiophene rings is 1. The first-order valence-corrected chi connectivity index (χ1v) is 7.76. The second-order valence-corrected chi connectivity index (χ2v) is 6.03. The smallest absolute Gasteiger partial charge is 0.335 e. The summed E-state index contributed by atoms with van der Waals surface area (Å²) in [4.78, 5) is 22.2. The molecule has 0 amide bonds. The second kappa shape index (κ2) is 5.73. The van der Waals surface area contributed by atoms with Crippen LogP contribution >= 0.6 is 11.3 Å². The predicted molar refractivity (Wildman–Crippen MR) is 88.2 cm³/mol. The Hall–Kier alpha value is -2.47. The van der Waals surface area contributed by atoms with Crippen LogP contribution < -0.4 is 5.32 Å². The Labute approximate surface area is 131 Å². The van der Waals surface area contributed by atoms with Gasteiger partial charge in [0.1, 0.15) is 16.5 Å². The zero-order valence-corrected chi connectivity index (χ0v) is 13.1. The van der Waals surface area contributed by atoms with Crippen molar-refractivity contribution in [3.63, 3.8) is 0 Å². The van der Waals surface area contributed by atoms with Crippen LogP contribution in [0.5, 0.6) is 0 Å².